The first kappa shape index (κ1) is 29.5. The maximum Gasteiger partial charge on any atom is 0.410 e. The molecule has 1 aliphatic rings. The minimum atomic E-state index is -1.15. The molecule has 0 heterocycles. The van der Waals surface area contributed by atoms with Crippen LogP contribution in [-0.4, -0.2) is 58.9 Å². The highest BCUT2D eigenvalue weighted by molar-refractivity contribution is 5.97. The second-order valence-corrected chi connectivity index (χ2v) is 10.5. The summed E-state index contributed by atoms with van der Waals surface area (Å²) in [5, 5.41) is 12.2. The first-order valence-electron chi connectivity index (χ1n) is 12.9. The average Bonchev–Trinajstić information content (AvgIpc) is 3.73. The lowest BCUT2D eigenvalue weighted by Gasteiger charge is -2.27. The summed E-state index contributed by atoms with van der Waals surface area (Å²) in [7, 11) is 1.19. The van der Waals surface area contributed by atoms with Gasteiger partial charge in [-0.05, 0) is 88.1 Å². The number of aliphatic hydroxyl groups excluding tert-OH is 1. The first-order valence-corrected chi connectivity index (χ1v) is 12.9. The SMILES string of the molecule is COC(=O)[C@@H](NC(=O)c1ccc(C#CC=Cc2ccc(CN(C(=O)OC(C)(C)C)C3CC3)cc2)cc1)[C@@H](C)O. The number of carbonyl (C=O) groups excluding carboxylic acids is 3. The van der Waals surface area contributed by atoms with Gasteiger partial charge in [-0.15, -0.1) is 0 Å². The van der Waals surface area contributed by atoms with Gasteiger partial charge in [-0.3, -0.25) is 4.79 Å². The second-order valence-electron chi connectivity index (χ2n) is 10.5. The van der Waals surface area contributed by atoms with E-state index < -0.39 is 29.6 Å². The van der Waals surface area contributed by atoms with Crippen LogP contribution in [0.2, 0.25) is 0 Å². The number of amides is 2. The molecule has 8 nitrogen and oxygen atoms in total. The molecule has 0 aliphatic heterocycles. The van der Waals surface area contributed by atoms with E-state index >= 15 is 0 Å². The van der Waals surface area contributed by atoms with Crippen molar-refractivity contribution in [1.82, 2.24) is 10.2 Å². The fourth-order valence-corrected chi connectivity index (χ4v) is 3.68. The highest BCUT2D eigenvalue weighted by Crippen LogP contribution is 2.30. The van der Waals surface area contributed by atoms with Crippen LogP contribution in [0.1, 0.15) is 67.6 Å². The molecule has 1 fully saturated rings. The molecule has 2 aromatic carbocycles. The fourth-order valence-electron chi connectivity index (χ4n) is 3.68. The van der Waals surface area contributed by atoms with Crippen molar-refractivity contribution in [3.05, 3.63) is 76.9 Å². The van der Waals surface area contributed by atoms with Crippen molar-refractivity contribution in [3.63, 3.8) is 0 Å². The Hall–Kier alpha value is -4.09. The average molecular weight is 533 g/mol. The van der Waals surface area contributed by atoms with Crippen LogP contribution in [0.25, 0.3) is 6.08 Å². The normalized spacial score (nSPS) is 14.5. The van der Waals surface area contributed by atoms with Crippen LogP contribution >= 0.6 is 0 Å². The molecule has 1 aliphatic carbocycles. The third kappa shape index (κ3) is 9.31. The molecule has 0 spiro atoms. The Labute approximate surface area is 230 Å². The number of hydrogen-bond donors (Lipinski definition) is 2. The Kier molecular flexibility index (Phi) is 9.91. The van der Waals surface area contributed by atoms with E-state index in [9.17, 15) is 19.5 Å². The topological polar surface area (TPSA) is 105 Å². The molecule has 1 saturated carbocycles. The van der Waals surface area contributed by atoms with Gasteiger partial charge in [-0.1, -0.05) is 36.1 Å². The fraction of sp³-hybridized carbons (Fsp3) is 0.387. The van der Waals surface area contributed by atoms with Crippen LogP contribution in [0.3, 0.4) is 0 Å². The van der Waals surface area contributed by atoms with Gasteiger partial charge in [0, 0.05) is 23.7 Å². The lowest BCUT2D eigenvalue weighted by atomic mass is 10.1. The van der Waals surface area contributed by atoms with Gasteiger partial charge in [0.2, 0.25) is 0 Å². The van der Waals surface area contributed by atoms with E-state index in [1.165, 1.54) is 14.0 Å². The van der Waals surface area contributed by atoms with Gasteiger partial charge in [0.1, 0.15) is 5.60 Å². The molecule has 0 saturated heterocycles. The van der Waals surface area contributed by atoms with E-state index in [0.29, 0.717) is 17.7 Å². The van der Waals surface area contributed by atoms with Crippen molar-refractivity contribution in [2.24, 2.45) is 0 Å². The summed E-state index contributed by atoms with van der Waals surface area (Å²) in [5.41, 5.74) is 2.54. The number of esters is 1. The van der Waals surface area contributed by atoms with Gasteiger partial charge >= 0.3 is 12.1 Å². The zero-order chi connectivity index (χ0) is 28.6. The highest BCUT2D eigenvalue weighted by atomic mass is 16.6. The molecule has 206 valence electrons. The minimum Gasteiger partial charge on any atom is -0.467 e. The predicted octanol–water partition coefficient (Wildman–Crippen LogP) is 4.30. The van der Waals surface area contributed by atoms with E-state index in [4.69, 9.17) is 4.74 Å². The summed E-state index contributed by atoms with van der Waals surface area (Å²) < 4.78 is 10.2. The number of ether oxygens (including phenoxy) is 2. The van der Waals surface area contributed by atoms with E-state index in [0.717, 1.165) is 24.0 Å². The van der Waals surface area contributed by atoms with Crippen LogP contribution in [0.4, 0.5) is 4.79 Å². The number of rotatable bonds is 8. The Morgan fingerprint density at radius 1 is 1.10 bits per heavy atom. The van der Waals surface area contributed by atoms with Gasteiger partial charge < -0.3 is 24.8 Å². The van der Waals surface area contributed by atoms with Crippen LogP contribution in [-0.2, 0) is 20.8 Å². The molecule has 0 bridgehead atoms. The number of hydrogen-bond acceptors (Lipinski definition) is 6. The van der Waals surface area contributed by atoms with Crippen molar-refractivity contribution in [2.45, 2.75) is 70.9 Å². The number of nitrogens with one attached hydrogen (secondary N) is 1. The number of carbonyl (C=O) groups is 3. The van der Waals surface area contributed by atoms with Crippen LogP contribution in [0.5, 0.6) is 0 Å². The van der Waals surface area contributed by atoms with E-state index in [1.807, 2.05) is 51.1 Å². The second kappa shape index (κ2) is 13.1. The summed E-state index contributed by atoms with van der Waals surface area (Å²) >= 11 is 0. The third-order valence-electron chi connectivity index (χ3n) is 5.90. The Bertz CT molecular complexity index is 1240. The molecule has 0 radical (unpaired) electrons. The Morgan fingerprint density at radius 3 is 2.28 bits per heavy atom. The zero-order valence-electron chi connectivity index (χ0n) is 23.1. The Balaban J connectivity index is 1.55. The molecule has 8 heteroatoms. The molecule has 3 rings (SSSR count). The molecule has 0 unspecified atom stereocenters. The van der Waals surface area contributed by atoms with Gasteiger partial charge in [0.15, 0.2) is 6.04 Å². The van der Waals surface area contributed by atoms with E-state index in [1.54, 1.807) is 35.2 Å². The van der Waals surface area contributed by atoms with Crippen molar-refractivity contribution in [3.8, 4) is 11.8 Å². The van der Waals surface area contributed by atoms with E-state index in [2.05, 4.69) is 21.9 Å². The lowest BCUT2D eigenvalue weighted by Crippen LogP contribution is -2.48. The first-order chi connectivity index (χ1) is 18.5. The number of nitrogens with zero attached hydrogens (tertiary/aromatic N) is 1. The molecule has 2 N–H and O–H groups in total. The molecular formula is C31H36N2O6. The van der Waals surface area contributed by atoms with Crippen molar-refractivity contribution in [1.29, 1.82) is 0 Å². The number of methoxy groups -OCH3 is 1. The lowest BCUT2D eigenvalue weighted by molar-refractivity contribution is -0.145. The molecule has 2 atom stereocenters. The van der Waals surface area contributed by atoms with Crippen molar-refractivity contribution < 1.29 is 29.0 Å². The number of aliphatic hydroxyl groups is 1. The summed E-state index contributed by atoms with van der Waals surface area (Å²) in [6.45, 7) is 7.53. The highest BCUT2D eigenvalue weighted by Gasteiger charge is 2.35. The van der Waals surface area contributed by atoms with Gasteiger partial charge in [0.05, 0.1) is 13.2 Å². The zero-order valence-corrected chi connectivity index (χ0v) is 23.1. The van der Waals surface area contributed by atoms with Crippen LogP contribution < -0.4 is 5.32 Å². The quantitative estimate of drug-likeness (QED) is 0.388. The monoisotopic (exact) mass is 532 g/mol. The molecule has 39 heavy (non-hydrogen) atoms. The van der Waals surface area contributed by atoms with Crippen molar-refractivity contribution >= 4 is 24.0 Å². The smallest absolute Gasteiger partial charge is 0.410 e. The number of benzene rings is 2. The summed E-state index contributed by atoms with van der Waals surface area (Å²) in [6, 6.07) is 13.7. The molecule has 0 aromatic heterocycles. The summed E-state index contributed by atoms with van der Waals surface area (Å²) in [4.78, 5) is 38.5. The standard InChI is InChI=1S/C31H36N2O6/c1-21(34)27(29(36)38-5)32-28(35)25-16-14-23(15-17-25)9-7-6-8-22-10-12-24(13-11-22)20-33(26-18-19-26)30(37)39-31(2,3)4/h6,8,10-17,21,26-27,34H,18-20H2,1-5H3,(H,32,35)/t21-,27+/m1/s1. The maximum absolute atomic E-state index is 12.6. The van der Waals surface area contributed by atoms with Gasteiger partial charge in [-0.25, -0.2) is 9.59 Å². The largest absolute Gasteiger partial charge is 0.467 e. The van der Waals surface area contributed by atoms with E-state index in [-0.39, 0.29) is 12.1 Å². The van der Waals surface area contributed by atoms with Gasteiger partial charge in [0.25, 0.3) is 5.91 Å². The van der Waals surface area contributed by atoms with Crippen LogP contribution in [0.15, 0.2) is 54.6 Å². The maximum atomic E-state index is 12.6. The number of allylic oxidation sites excluding steroid dienone is 1. The molecule has 2 amide bonds. The van der Waals surface area contributed by atoms with Crippen molar-refractivity contribution in [2.75, 3.05) is 7.11 Å². The summed E-state index contributed by atoms with van der Waals surface area (Å²) in [6.07, 6.45) is 4.29. The third-order valence-corrected chi connectivity index (χ3v) is 5.90. The van der Waals surface area contributed by atoms with Gasteiger partial charge in [-0.2, -0.15) is 0 Å². The molecular weight excluding hydrogens is 496 g/mol. The minimum absolute atomic E-state index is 0.249. The molecule has 2 aromatic rings. The van der Waals surface area contributed by atoms with Crippen LogP contribution in [0, 0.1) is 11.8 Å². The Morgan fingerprint density at radius 2 is 1.74 bits per heavy atom. The summed E-state index contributed by atoms with van der Waals surface area (Å²) in [5.74, 6) is 4.78. The predicted molar refractivity (Wildman–Crippen MR) is 149 cm³/mol.